The van der Waals surface area contributed by atoms with Crippen LogP contribution in [0.25, 0.3) is 0 Å². The fourth-order valence-electron chi connectivity index (χ4n) is 4.71. The van der Waals surface area contributed by atoms with Gasteiger partial charge < -0.3 is 10.1 Å². The van der Waals surface area contributed by atoms with Crippen molar-refractivity contribution < 1.29 is 4.74 Å². The molecule has 1 unspecified atom stereocenters. The number of fused-ring (bicyclic) bond motifs is 1. The second-order valence-corrected chi connectivity index (χ2v) is 9.31. The average Bonchev–Trinajstić information content (AvgIpc) is 3.08. The Balaban J connectivity index is 1.40. The number of hydrogen-bond donors (Lipinski definition) is 1. The number of halogens is 1. The number of benzene rings is 2. The molecule has 1 fully saturated rings. The average molecular weight is 425 g/mol. The zero-order valence-electron chi connectivity index (χ0n) is 18.2. The second kappa shape index (κ2) is 9.98. The maximum atomic E-state index is 6.07. The number of hydrogen-bond acceptors (Lipinski definition) is 3. The Labute approximate surface area is 185 Å². The SMILES string of the molecule is Cc1cc2c(cc1C)C(CCCCC1CCNCC1)C(COc1ccc(Cl)cc1)=N2. The number of aryl methyl sites for hydroxylation is 2. The van der Waals surface area contributed by atoms with E-state index in [0.717, 1.165) is 34.5 Å². The van der Waals surface area contributed by atoms with Gasteiger partial charge in [0.1, 0.15) is 12.4 Å². The fraction of sp³-hybridized carbons (Fsp3) is 0.500. The maximum Gasteiger partial charge on any atom is 0.127 e. The minimum Gasteiger partial charge on any atom is -0.488 e. The van der Waals surface area contributed by atoms with Crippen LogP contribution in [-0.2, 0) is 0 Å². The fourth-order valence-corrected chi connectivity index (χ4v) is 4.83. The molecule has 0 saturated carbocycles. The van der Waals surface area contributed by atoms with E-state index in [1.807, 2.05) is 24.3 Å². The van der Waals surface area contributed by atoms with Crippen LogP contribution in [0, 0.1) is 19.8 Å². The van der Waals surface area contributed by atoms with E-state index in [1.54, 1.807) is 0 Å². The smallest absolute Gasteiger partial charge is 0.127 e. The summed E-state index contributed by atoms with van der Waals surface area (Å²) in [7, 11) is 0. The predicted molar refractivity (Wildman–Crippen MR) is 127 cm³/mol. The minimum absolute atomic E-state index is 0.375. The van der Waals surface area contributed by atoms with Crippen molar-refractivity contribution in [1.29, 1.82) is 0 Å². The summed E-state index contributed by atoms with van der Waals surface area (Å²) < 4.78 is 6.07. The van der Waals surface area contributed by atoms with Gasteiger partial charge in [0.15, 0.2) is 0 Å². The zero-order chi connectivity index (χ0) is 20.9. The lowest BCUT2D eigenvalue weighted by Crippen LogP contribution is -2.27. The van der Waals surface area contributed by atoms with Crippen LogP contribution in [0.5, 0.6) is 5.75 Å². The molecule has 3 nitrogen and oxygen atoms in total. The molecule has 1 saturated heterocycles. The van der Waals surface area contributed by atoms with Crippen molar-refractivity contribution in [3.05, 3.63) is 58.1 Å². The largest absolute Gasteiger partial charge is 0.488 e. The molecule has 30 heavy (non-hydrogen) atoms. The van der Waals surface area contributed by atoms with Crippen molar-refractivity contribution in [1.82, 2.24) is 5.32 Å². The molecule has 1 atom stereocenters. The third kappa shape index (κ3) is 5.25. The van der Waals surface area contributed by atoms with Gasteiger partial charge in [0.25, 0.3) is 0 Å². The van der Waals surface area contributed by atoms with E-state index in [-0.39, 0.29) is 0 Å². The third-order valence-electron chi connectivity index (χ3n) is 6.70. The summed E-state index contributed by atoms with van der Waals surface area (Å²) in [5, 5.41) is 4.20. The van der Waals surface area contributed by atoms with E-state index >= 15 is 0 Å². The van der Waals surface area contributed by atoms with Crippen molar-refractivity contribution in [3.8, 4) is 5.75 Å². The molecule has 0 aromatic heterocycles. The summed E-state index contributed by atoms with van der Waals surface area (Å²) in [6.07, 6.45) is 7.76. The Morgan fingerprint density at radius 2 is 1.70 bits per heavy atom. The van der Waals surface area contributed by atoms with Crippen molar-refractivity contribution in [2.24, 2.45) is 10.9 Å². The Kier molecular flexibility index (Phi) is 7.12. The molecule has 4 heteroatoms. The number of nitrogens with zero attached hydrogens (tertiary/aromatic N) is 1. The number of aliphatic imine (C=N–C) groups is 1. The highest BCUT2D eigenvalue weighted by Gasteiger charge is 2.28. The molecule has 2 aliphatic rings. The monoisotopic (exact) mass is 424 g/mol. The Hall–Kier alpha value is -1.84. The van der Waals surface area contributed by atoms with Gasteiger partial charge in [-0.15, -0.1) is 0 Å². The van der Waals surface area contributed by atoms with Gasteiger partial charge in [0, 0.05) is 10.9 Å². The lowest BCUT2D eigenvalue weighted by Gasteiger charge is -2.23. The summed E-state index contributed by atoms with van der Waals surface area (Å²) in [6.45, 7) is 7.29. The molecule has 2 aliphatic heterocycles. The summed E-state index contributed by atoms with van der Waals surface area (Å²) in [5.74, 6) is 2.13. The van der Waals surface area contributed by atoms with Crippen LogP contribution >= 0.6 is 11.6 Å². The Morgan fingerprint density at radius 3 is 2.47 bits per heavy atom. The number of piperidine rings is 1. The Morgan fingerprint density at radius 1 is 1.00 bits per heavy atom. The molecule has 0 radical (unpaired) electrons. The summed E-state index contributed by atoms with van der Waals surface area (Å²) in [5.41, 5.74) is 6.34. The van der Waals surface area contributed by atoms with Crippen molar-refractivity contribution in [3.63, 3.8) is 0 Å². The molecule has 1 N–H and O–H groups in total. The maximum absolute atomic E-state index is 6.07. The highest BCUT2D eigenvalue weighted by atomic mass is 35.5. The number of ether oxygens (including phenoxy) is 1. The van der Waals surface area contributed by atoms with Gasteiger partial charge in [-0.2, -0.15) is 0 Å². The number of rotatable bonds is 8. The first-order chi connectivity index (χ1) is 14.6. The Bertz CT molecular complexity index is 885. The van der Waals surface area contributed by atoms with Crippen LogP contribution in [0.4, 0.5) is 5.69 Å². The van der Waals surface area contributed by atoms with E-state index < -0.39 is 0 Å². The molecule has 0 aliphatic carbocycles. The van der Waals surface area contributed by atoms with Crippen LogP contribution in [0.15, 0.2) is 41.4 Å². The summed E-state index contributed by atoms with van der Waals surface area (Å²) in [6, 6.07) is 12.2. The minimum atomic E-state index is 0.375. The van der Waals surface area contributed by atoms with Crippen LogP contribution in [0.2, 0.25) is 5.02 Å². The molecule has 0 amide bonds. The highest BCUT2D eigenvalue weighted by Crippen LogP contribution is 2.40. The van der Waals surface area contributed by atoms with Gasteiger partial charge in [0.05, 0.1) is 11.4 Å². The van der Waals surface area contributed by atoms with Gasteiger partial charge >= 0.3 is 0 Å². The van der Waals surface area contributed by atoms with Gasteiger partial charge in [-0.05, 0) is 99.1 Å². The van der Waals surface area contributed by atoms with Crippen molar-refractivity contribution in [2.45, 2.75) is 58.3 Å². The summed E-state index contributed by atoms with van der Waals surface area (Å²) >= 11 is 6.00. The van der Waals surface area contributed by atoms with E-state index in [0.29, 0.717) is 12.5 Å². The molecule has 0 bridgehead atoms. The van der Waals surface area contributed by atoms with Crippen molar-refractivity contribution in [2.75, 3.05) is 19.7 Å². The topological polar surface area (TPSA) is 33.6 Å². The molecule has 2 heterocycles. The van der Waals surface area contributed by atoms with Gasteiger partial charge in [-0.3, -0.25) is 4.99 Å². The predicted octanol–water partition coefficient (Wildman–Crippen LogP) is 6.77. The van der Waals surface area contributed by atoms with Crippen molar-refractivity contribution >= 4 is 23.0 Å². The van der Waals surface area contributed by atoms with Crippen LogP contribution in [-0.4, -0.2) is 25.4 Å². The highest BCUT2D eigenvalue weighted by molar-refractivity contribution is 6.30. The molecular weight excluding hydrogens is 392 g/mol. The van der Waals surface area contributed by atoms with Crippen LogP contribution in [0.1, 0.15) is 61.1 Å². The lowest BCUT2D eigenvalue weighted by atomic mass is 9.87. The normalized spacial score (nSPS) is 18.9. The molecule has 0 spiro atoms. The second-order valence-electron chi connectivity index (χ2n) is 8.87. The van der Waals surface area contributed by atoms with Gasteiger partial charge in [-0.1, -0.05) is 36.9 Å². The first-order valence-electron chi connectivity index (χ1n) is 11.4. The first kappa shape index (κ1) is 21.4. The first-order valence-corrected chi connectivity index (χ1v) is 11.8. The van der Waals surface area contributed by atoms with Crippen LogP contribution < -0.4 is 10.1 Å². The van der Waals surface area contributed by atoms with Crippen LogP contribution in [0.3, 0.4) is 0 Å². The molecule has 2 aromatic carbocycles. The standard InChI is InChI=1S/C26H33ClN2O/c1-18-15-24-23(6-4-3-5-20-11-13-28-14-12-20)26(29-25(24)16-19(18)2)17-30-22-9-7-21(27)8-10-22/h7-10,15-16,20,23,28H,3-6,11-14,17H2,1-2H3. The molecular formula is C26H33ClN2O. The summed E-state index contributed by atoms with van der Waals surface area (Å²) in [4.78, 5) is 4.99. The molecule has 160 valence electrons. The quantitative estimate of drug-likeness (QED) is 0.474. The zero-order valence-corrected chi connectivity index (χ0v) is 19.0. The lowest BCUT2D eigenvalue weighted by molar-refractivity contribution is 0.341. The van der Waals surface area contributed by atoms with E-state index in [4.69, 9.17) is 21.3 Å². The van der Waals surface area contributed by atoms with E-state index in [2.05, 4.69) is 31.3 Å². The number of nitrogens with one attached hydrogen (secondary N) is 1. The van der Waals surface area contributed by atoms with Gasteiger partial charge in [0.2, 0.25) is 0 Å². The number of unbranched alkanes of at least 4 members (excludes halogenated alkanes) is 1. The molecule has 4 rings (SSSR count). The van der Waals surface area contributed by atoms with Gasteiger partial charge in [-0.25, -0.2) is 0 Å². The molecule has 2 aromatic rings. The van der Waals surface area contributed by atoms with E-state index in [9.17, 15) is 0 Å². The van der Waals surface area contributed by atoms with E-state index in [1.165, 1.54) is 61.9 Å². The third-order valence-corrected chi connectivity index (χ3v) is 6.95.